The molecule has 0 aliphatic heterocycles. The van der Waals surface area contributed by atoms with Crippen LogP contribution in [0.4, 0.5) is 0 Å². The van der Waals surface area contributed by atoms with Gasteiger partial charge < -0.3 is 5.32 Å². The van der Waals surface area contributed by atoms with Gasteiger partial charge in [-0.2, -0.15) is 0 Å². The molecule has 0 saturated heterocycles. The molecule has 0 bridgehead atoms. The van der Waals surface area contributed by atoms with Gasteiger partial charge in [-0.15, -0.1) is 12.6 Å². The molecule has 1 aliphatic rings. The molecule has 0 radical (unpaired) electrons. The first kappa shape index (κ1) is 13.0. The van der Waals surface area contributed by atoms with Gasteiger partial charge in [-0.05, 0) is 41.3 Å². The SMILES string of the molecule is Cc1ccccc1C1=C(NC=O)c2ccc(S)cc2C1. The van der Waals surface area contributed by atoms with Crippen molar-refractivity contribution in [1.29, 1.82) is 0 Å². The summed E-state index contributed by atoms with van der Waals surface area (Å²) in [5.74, 6) is 0. The molecule has 3 heteroatoms. The summed E-state index contributed by atoms with van der Waals surface area (Å²) < 4.78 is 0. The lowest BCUT2D eigenvalue weighted by Gasteiger charge is -2.10. The molecule has 0 saturated carbocycles. The van der Waals surface area contributed by atoms with Gasteiger partial charge in [0.05, 0.1) is 5.70 Å². The molecule has 0 atom stereocenters. The summed E-state index contributed by atoms with van der Waals surface area (Å²) in [5, 5.41) is 2.87. The highest BCUT2D eigenvalue weighted by atomic mass is 32.1. The normalized spacial score (nSPS) is 13.3. The highest BCUT2D eigenvalue weighted by Crippen LogP contribution is 2.38. The monoisotopic (exact) mass is 281 g/mol. The third-order valence-corrected chi connectivity index (χ3v) is 3.98. The lowest BCUT2D eigenvalue weighted by Crippen LogP contribution is -2.09. The number of fused-ring (bicyclic) bond motifs is 1. The van der Waals surface area contributed by atoms with Crippen LogP contribution in [0.3, 0.4) is 0 Å². The minimum atomic E-state index is 0.747. The number of carbonyl (C=O) groups excluding carboxylic acids is 1. The number of nitrogens with one attached hydrogen (secondary N) is 1. The Bertz CT molecular complexity index is 719. The molecule has 0 fully saturated rings. The van der Waals surface area contributed by atoms with Crippen LogP contribution in [-0.2, 0) is 11.2 Å². The number of aryl methyl sites for hydroxylation is 1. The van der Waals surface area contributed by atoms with E-state index in [9.17, 15) is 4.79 Å². The second-order valence-corrected chi connectivity index (χ2v) is 5.47. The molecular weight excluding hydrogens is 266 g/mol. The number of amides is 1. The summed E-state index contributed by atoms with van der Waals surface area (Å²) in [4.78, 5) is 11.9. The zero-order valence-electron chi connectivity index (χ0n) is 11.2. The minimum Gasteiger partial charge on any atom is -0.328 e. The van der Waals surface area contributed by atoms with E-state index in [0.29, 0.717) is 0 Å². The molecule has 100 valence electrons. The van der Waals surface area contributed by atoms with Crippen molar-refractivity contribution >= 4 is 30.3 Å². The maximum atomic E-state index is 10.9. The Hall–Kier alpha value is -2.00. The molecule has 2 aromatic rings. The van der Waals surface area contributed by atoms with E-state index in [1.165, 1.54) is 22.3 Å². The van der Waals surface area contributed by atoms with Crippen LogP contribution in [0.1, 0.15) is 22.3 Å². The Morgan fingerprint density at radius 1 is 1.15 bits per heavy atom. The number of benzene rings is 2. The number of hydrogen-bond donors (Lipinski definition) is 2. The molecule has 0 unspecified atom stereocenters. The Balaban J connectivity index is 2.17. The van der Waals surface area contributed by atoms with Crippen LogP contribution in [0.5, 0.6) is 0 Å². The summed E-state index contributed by atoms with van der Waals surface area (Å²) in [6, 6.07) is 14.3. The van der Waals surface area contributed by atoms with Gasteiger partial charge >= 0.3 is 0 Å². The second-order valence-electron chi connectivity index (χ2n) is 4.95. The van der Waals surface area contributed by atoms with Gasteiger partial charge in [-0.25, -0.2) is 0 Å². The van der Waals surface area contributed by atoms with Crippen molar-refractivity contribution in [2.75, 3.05) is 0 Å². The number of hydrogen-bond acceptors (Lipinski definition) is 2. The highest BCUT2D eigenvalue weighted by molar-refractivity contribution is 7.80. The third kappa shape index (κ3) is 2.14. The van der Waals surface area contributed by atoms with Crippen LogP contribution in [-0.4, -0.2) is 6.41 Å². The second kappa shape index (κ2) is 5.17. The summed E-state index contributed by atoms with van der Waals surface area (Å²) in [7, 11) is 0. The van der Waals surface area contributed by atoms with Gasteiger partial charge in [0, 0.05) is 16.9 Å². The maximum absolute atomic E-state index is 10.9. The predicted octanol–water partition coefficient (Wildman–Crippen LogP) is 3.45. The average molecular weight is 281 g/mol. The Labute approximate surface area is 123 Å². The first-order valence-corrected chi connectivity index (χ1v) is 6.97. The molecule has 1 N–H and O–H groups in total. The van der Waals surface area contributed by atoms with E-state index in [1.54, 1.807) is 0 Å². The van der Waals surface area contributed by atoms with E-state index in [4.69, 9.17) is 0 Å². The number of carbonyl (C=O) groups is 1. The highest BCUT2D eigenvalue weighted by Gasteiger charge is 2.23. The molecule has 0 aromatic heterocycles. The quantitative estimate of drug-likeness (QED) is 0.655. The number of rotatable bonds is 3. The van der Waals surface area contributed by atoms with Crippen LogP contribution in [0, 0.1) is 6.92 Å². The molecule has 1 amide bonds. The van der Waals surface area contributed by atoms with Crippen molar-refractivity contribution in [3.05, 3.63) is 64.7 Å². The smallest absolute Gasteiger partial charge is 0.211 e. The molecule has 0 spiro atoms. The maximum Gasteiger partial charge on any atom is 0.211 e. The summed E-state index contributed by atoms with van der Waals surface area (Å²) in [6.45, 7) is 2.09. The molecule has 2 nitrogen and oxygen atoms in total. The van der Waals surface area contributed by atoms with Crippen LogP contribution < -0.4 is 5.32 Å². The molecule has 3 rings (SSSR count). The Morgan fingerprint density at radius 3 is 2.70 bits per heavy atom. The lowest BCUT2D eigenvalue weighted by atomic mass is 9.98. The first-order valence-electron chi connectivity index (χ1n) is 6.52. The third-order valence-electron chi connectivity index (χ3n) is 3.70. The fourth-order valence-corrected chi connectivity index (χ4v) is 3.01. The zero-order chi connectivity index (χ0) is 14.1. The van der Waals surface area contributed by atoms with Crippen LogP contribution >= 0.6 is 12.6 Å². The standard InChI is InChI=1S/C17H15NOS/c1-11-4-2-3-5-14(11)16-9-12-8-13(20)6-7-15(12)17(16)18-10-19/h2-8,10,20H,9H2,1H3,(H,18,19). The van der Waals surface area contributed by atoms with Crippen LogP contribution in [0.2, 0.25) is 0 Å². The van der Waals surface area contributed by atoms with Gasteiger partial charge in [-0.3, -0.25) is 4.79 Å². The molecule has 0 heterocycles. The minimum absolute atomic E-state index is 0.747. The zero-order valence-corrected chi connectivity index (χ0v) is 12.1. The Kier molecular flexibility index (Phi) is 3.36. The van der Waals surface area contributed by atoms with Crippen LogP contribution in [0.15, 0.2) is 47.4 Å². The van der Waals surface area contributed by atoms with Gasteiger partial charge in [0.15, 0.2) is 0 Å². The number of allylic oxidation sites excluding steroid dienone is 1. The predicted molar refractivity (Wildman–Crippen MR) is 84.6 cm³/mol. The first-order chi connectivity index (χ1) is 9.70. The van der Waals surface area contributed by atoms with E-state index in [1.807, 2.05) is 24.3 Å². The van der Waals surface area contributed by atoms with Crippen molar-refractivity contribution < 1.29 is 4.79 Å². The topological polar surface area (TPSA) is 29.1 Å². The van der Waals surface area contributed by atoms with Crippen LogP contribution in [0.25, 0.3) is 11.3 Å². The van der Waals surface area contributed by atoms with Gasteiger partial charge in [0.1, 0.15) is 0 Å². The largest absolute Gasteiger partial charge is 0.328 e. The molecule has 2 aromatic carbocycles. The fraction of sp³-hybridized carbons (Fsp3) is 0.118. The average Bonchev–Trinajstić information content (AvgIpc) is 2.77. The molecule has 20 heavy (non-hydrogen) atoms. The van der Waals surface area contributed by atoms with Gasteiger partial charge in [0.2, 0.25) is 6.41 Å². The van der Waals surface area contributed by atoms with Gasteiger partial charge in [-0.1, -0.05) is 30.3 Å². The summed E-state index contributed by atoms with van der Waals surface area (Å²) >= 11 is 4.39. The summed E-state index contributed by atoms with van der Waals surface area (Å²) in [6.07, 6.45) is 1.57. The van der Waals surface area contributed by atoms with Crippen molar-refractivity contribution in [2.24, 2.45) is 0 Å². The van der Waals surface area contributed by atoms with E-state index in [-0.39, 0.29) is 0 Å². The molecular formula is C17H15NOS. The van der Waals surface area contributed by atoms with Crippen molar-refractivity contribution in [3.63, 3.8) is 0 Å². The fourth-order valence-electron chi connectivity index (χ4n) is 2.78. The van der Waals surface area contributed by atoms with E-state index >= 15 is 0 Å². The van der Waals surface area contributed by atoms with E-state index in [2.05, 4.69) is 43.1 Å². The van der Waals surface area contributed by atoms with Crippen molar-refractivity contribution in [3.8, 4) is 0 Å². The van der Waals surface area contributed by atoms with E-state index in [0.717, 1.165) is 29.0 Å². The number of thiol groups is 1. The van der Waals surface area contributed by atoms with Crippen molar-refractivity contribution in [2.45, 2.75) is 18.2 Å². The lowest BCUT2D eigenvalue weighted by molar-refractivity contribution is -0.108. The Morgan fingerprint density at radius 2 is 1.95 bits per heavy atom. The summed E-state index contributed by atoms with van der Waals surface area (Å²) in [5.41, 5.74) is 6.79. The van der Waals surface area contributed by atoms with Crippen molar-refractivity contribution in [1.82, 2.24) is 5.32 Å². The van der Waals surface area contributed by atoms with E-state index < -0.39 is 0 Å². The molecule has 1 aliphatic carbocycles. The van der Waals surface area contributed by atoms with Gasteiger partial charge in [0.25, 0.3) is 0 Å².